The van der Waals surface area contributed by atoms with Crippen LogP contribution in [0.3, 0.4) is 0 Å². The molecule has 0 atom stereocenters. The second-order valence-corrected chi connectivity index (χ2v) is 10.8. The first-order valence-electron chi connectivity index (χ1n) is 12.5. The van der Waals surface area contributed by atoms with Crippen LogP contribution in [-0.2, 0) is 23.1 Å². The molecule has 5 aromatic rings. The number of hydrogen-bond donors (Lipinski definition) is 3. The molecular formula is C28H31ClN8O2S. The summed E-state index contributed by atoms with van der Waals surface area (Å²) >= 11 is 0. The fourth-order valence-electron chi connectivity index (χ4n) is 4.25. The number of imidazole rings is 1. The summed E-state index contributed by atoms with van der Waals surface area (Å²) in [5, 5.41) is 6.64. The van der Waals surface area contributed by atoms with Crippen LogP contribution >= 0.6 is 12.4 Å². The first kappa shape index (κ1) is 28.7. The lowest BCUT2D eigenvalue weighted by molar-refractivity contribution is 0.607. The Labute approximate surface area is 240 Å². The number of halogens is 1. The van der Waals surface area contributed by atoms with E-state index < -0.39 is 10.0 Å². The van der Waals surface area contributed by atoms with E-state index in [4.69, 9.17) is 4.98 Å². The van der Waals surface area contributed by atoms with Crippen LogP contribution in [0.25, 0.3) is 11.0 Å². The highest BCUT2D eigenvalue weighted by atomic mass is 35.5. The average Bonchev–Trinajstić information content (AvgIpc) is 3.29. The van der Waals surface area contributed by atoms with Gasteiger partial charge in [-0.3, -0.25) is 4.72 Å². The highest BCUT2D eigenvalue weighted by Crippen LogP contribution is 2.29. The summed E-state index contributed by atoms with van der Waals surface area (Å²) in [7, 11) is -1.38. The van der Waals surface area contributed by atoms with Crippen LogP contribution in [0.1, 0.15) is 12.5 Å². The van der Waals surface area contributed by atoms with E-state index in [1.54, 1.807) is 30.5 Å². The first-order chi connectivity index (χ1) is 18.8. The summed E-state index contributed by atoms with van der Waals surface area (Å²) in [5.41, 5.74) is 5.31. The number of aromatic nitrogens is 4. The maximum absolute atomic E-state index is 11.4. The molecule has 2 heterocycles. The fourth-order valence-corrected chi connectivity index (χ4v) is 4.82. The van der Waals surface area contributed by atoms with Crippen LogP contribution in [0, 0.1) is 0 Å². The van der Waals surface area contributed by atoms with Crippen molar-refractivity contribution in [1.82, 2.24) is 19.5 Å². The summed E-state index contributed by atoms with van der Waals surface area (Å²) in [6, 6.07) is 25.2. The molecule has 0 fully saturated rings. The zero-order chi connectivity index (χ0) is 27.4. The van der Waals surface area contributed by atoms with Crippen LogP contribution < -0.4 is 20.3 Å². The van der Waals surface area contributed by atoms with Crippen LogP contribution in [0.15, 0.2) is 85.1 Å². The van der Waals surface area contributed by atoms with Gasteiger partial charge in [0.1, 0.15) is 5.82 Å². The highest BCUT2D eigenvalue weighted by molar-refractivity contribution is 7.92. The third kappa shape index (κ3) is 6.80. The van der Waals surface area contributed by atoms with E-state index in [1.165, 1.54) is 5.56 Å². The molecule has 12 heteroatoms. The molecule has 40 heavy (non-hydrogen) atoms. The summed E-state index contributed by atoms with van der Waals surface area (Å²) in [4.78, 5) is 15.8. The monoisotopic (exact) mass is 578 g/mol. The zero-order valence-corrected chi connectivity index (χ0v) is 24.0. The van der Waals surface area contributed by atoms with Crippen molar-refractivity contribution >= 4 is 68.2 Å². The quantitative estimate of drug-likeness (QED) is 0.191. The predicted octanol–water partition coefficient (Wildman–Crippen LogP) is 5.76. The summed E-state index contributed by atoms with van der Waals surface area (Å²) in [6.45, 7) is 3.61. The minimum atomic E-state index is -3.33. The smallest absolute Gasteiger partial charge is 0.229 e. The third-order valence-corrected chi connectivity index (χ3v) is 6.76. The zero-order valence-electron chi connectivity index (χ0n) is 22.4. The minimum absolute atomic E-state index is 0. The lowest BCUT2D eigenvalue weighted by atomic mass is 10.2. The van der Waals surface area contributed by atoms with Crippen LogP contribution in [0.5, 0.6) is 0 Å². The number of fused-ring (bicyclic) bond motifs is 1. The van der Waals surface area contributed by atoms with Crippen LogP contribution in [-0.4, -0.2) is 41.2 Å². The van der Waals surface area contributed by atoms with E-state index in [0.717, 1.165) is 41.2 Å². The molecule has 2 aromatic heterocycles. The third-order valence-electron chi connectivity index (χ3n) is 6.16. The Kier molecular flexibility index (Phi) is 8.76. The van der Waals surface area contributed by atoms with E-state index >= 15 is 0 Å². The van der Waals surface area contributed by atoms with Gasteiger partial charge in [0.05, 0.1) is 17.3 Å². The van der Waals surface area contributed by atoms with E-state index in [2.05, 4.69) is 67.1 Å². The Balaban J connectivity index is 0.00000370. The molecule has 0 radical (unpaired) electrons. The topological polar surface area (TPSA) is 117 Å². The second kappa shape index (κ2) is 12.2. The van der Waals surface area contributed by atoms with Crippen molar-refractivity contribution in [3.63, 3.8) is 0 Å². The van der Waals surface area contributed by atoms with Crippen molar-refractivity contribution in [2.75, 3.05) is 33.6 Å². The number of nitrogens with one attached hydrogen (secondary N) is 3. The Morgan fingerprint density at radius 1 is 0.925 bits per heavy atom. The second-order valence-electron chi connectivity index (χ2n) is 9.07. The first-order valence-corrected chi connectivity index (χ1v) is 14.4. The molecular weight excluding hydrogens is 548 g/mol. The standard InChI is InChI=1S/C28H30N8O2S.ClH/c1-4-36-25-15-14-23(18-24(25)32-28(36)30-19-20-8-6-5-7-9-20)35(2)26-16-17-29-27(33-26)31-21-10-12-22(13-11-21)34-39(3,37)38;/h5-18,34H,4,19H2,1-3H3,(H,30,32)(H,29,31,33);1H. The number of rotatable bonds is 10. The Bertz CT molecular complexity index is 1690. The molecule has 3 N–H and O–H groups in total. The fraction of sp³-hybridized carbons (Fsp3) is 0.179. The van der Waals surface area contributed by atoms with Gasteiger partial charge in [0, 0.05) is 43.4 Å². The molecule has 0 aliphatic rings. The van der Waals surface area contributed by atoms with E-state index in [-0.39, 0.29) is 12.4 Å². The number of benzene rings is 3. The summed E-state index contributed by atoms with van der Waals surface area (Å²) in [5.74, 6) is 1.97. The van der Waals surface area contributed by atoms with Gasteiger partial charge < -0.3 is 20.1 Å². The molecule has 0 saturated carbocycles. The van der Waals surface area contributed by atoms with Gasteiger partial charge in [0.2, 0.25) is 21.9 Å². The molecule has 0 amide bonds. The van der Waals surface area contributed by atoms with E-state index in [1.807, 2.05) is 36.2 Å². The molecule has 0 aliphatic carbocycles. The van der Waals surface area contributed by atoms with Crippen LogP contribution in [0.4, 0.5) is 34.8 Å². The molecule has 208 valence electrons. The summed E-state index contributed by atoms with van der Waals surface area (Å²) < 4.78 is 27.5. The van der Waals surface area contributed by atoms with Gasteiger partial charge in [-0.05, 0) is 61.0 Å². The largest absolute Gasteiger partial charge is 0.352 e. The van der Waals surface area contributed by atoms with Crippen molar-refractivity contribution in [2.24, 2.45) is 0 Å². The van der Waals surface area contributed by atoms with Crippen molar-refractivity contribution in [3.05, 3.63) is 90.6 Å². The predicted molar refractivity (Wildman–Crippen MR) is 165 cm³/mol. The molecule has 10 nitrogen and oxygen atoms in total. The van der Waals surface area contributed by atoms with Crippen molar-refractivity contribution in [2.45, 2.75) is 20.0 Å². The van der Waals surface area contributed by atoms with Crippen LogP contribution in [0.2, 0.25) is 0 Å². The molecule has 0 saturated heterocycles. The molecule has 0 bridgehead atoms. The van der Waals surface area contributed by atoms with Gasteiger partial charge in [0.15, 0.2) is 0 Å². The number of nitrogens with zero attached hydrogens (tertiary/aromatic N) is 5. The lowest BCUT2D eigenvalue weighted by Crippen LogP contribution is -2.12. The molecule has 0 spiro atoms. The van der Waals surface area contributed by atoms with Gasteiger partial charge in [-0.15, -0.1) is 12.4 Å². The minimum Gasteiger partial charge on any atom is -0.352 e. The molecule has 5 rings (SSSR count). The van der Waals surface area contributed by atoms with E-state index in [9.17, 15) is 8.42 Å². The average molecular weight is 579 g/mol. The number of hydrogen-bond acceptors (Lipinski definition) is 8. The molecule has 0 unspecified atom stereocenters. The Morgan fingerprint density at radius 3 is 2.35 bits per heavy atom. The van der Waals surface area contributed by atoms with Crippen molar-refractivity contribution < 1.29 is 8.42 Å². The van der Waals surface area contributed by atoms with Gasteiger partial charge in [-0.2, -0.15) is 4.98 Å². The Hall–Kier alpha value is -4.35. The maximum atomic E-state index is 11.4. The Morgan fingerprint density at radius 2 is 1.65 bits per heavy atom. The lowest BCUT2D eigenvalue weighted by Gasteiger charge is -2.19. The van der Waals surface area contributed by atoms with Gasteiger partial charge in [-0.1, -0.05) is 30.3 Å². The molecule has 3 aromatic carbocycles. The summed E-state index contributed by atoms with van der Waals surface area (Å²) in [6.07, 6.45) is 2.81. The van der Waals surface area contributed by atoms with E-state index in [0.29, 0.717) is 24.0 Å². The number of anilines is 6. The van der Waals surface area contributed by atoms with Gasteiger partial charge in [-0.25, -0.2) is 18.4 Å². The van der Waals surface area contributed by atoms with Crippen molar-refractivity contribution in [1.29, 1.82) is 0 Å². The number of aryl methyl sites for hydroxylation is 1. The maximum Gasteiger partial charge on any atom is 0.229 e. The van der Waals surface area contributed by atoms with Gasteiger partial charge in [0.25, 0.3) is 0 Å². The SMILES string of the molecule is CCn1c(NCc2ccccc2)nc2cc(N(C)c3ccnc(Nc4ccc(NS(C)(=O)=O)cc4)n3)ccc21.Cl. The molecule has 0 aliphatic heterocycles. The van der Waals surface area contributed by atoms with Gasteiger partial charge >= 0.3 is 0 Å². The normalized spacial score (nSPS) is 11.1. The van der Waals surface area contributed by atoms with Crippen molar-refractivity contribution in [3.8, 4) is 0 Å². The highest BCUT2D eigenvalue weighted by Gasteiger charge is 2.13. The number of sulfonamides is 1.